The van der Waals surface area contributed by atoms with E-state index in [1.165, 1.54) is 6.26 Å². The van der Waals surface area contributed by atoms with Gasteiger partial charge in [-0.05, 0) is 35.9 Å². The Morgan fingerprint density at radius 1 is 0.923 bits per heavy atom. The summed E-state index contributed by atoms with van der Waals surface area (Å²) in [4.78, 5) is 23.5. The van der Waals surface area contributed by atoms with Gasteiger partial charge in [0.2, 0.25) is 0 Å². The van der Waals surface area contributed by atoms with Crippen LogP contribution in [0.3, 0.4) is 0 Å². The smallest absolute Gasteiger partial charge is 0.291 e. The number of nitrogens with two attached hydrogens (primary N) is 1. The molecule has 2 aromatic carbocycles. The van der Waals surface area contributed by atoms with Gasteiger partial charge < -0.3 is 19.9 Å². The zero-order chi connectivity index (χ0) is 18.1. The number of benzene rings is 2. The second-order valence-electron chi connectivity index (χ2n) is 5.71. The molecule has 0 aliphatic rings. The number of carbonyl (C=O) groups is 2. The molecule has 6 heteroatoms. The van der Waals surface area contributed by atoms with Crippen LogP contribution in [0.15, 0.2) is 75.8 Å². The lowest BCUT2D eigenvalue weighted by molar-refractivity contribution is 0.0973. The van der Waals surface area contributed by atoms with E-state index < -0.39 is 5.91 Å². The minimum atomic E-state index is -0.619. The van der Waals surface area contributed by atoms with Crippen molar-refractivity contribution in [3.8, 4) is 11.1 Å². The fourth-order valence-electron chi connectivity index (χ4n) is 2.78. The summed E-state index contributed by atoms with van der Waals surface area (Å²) in [6, 6.07) is 17.8. The van der Waals surface area contributed by atoms with Crippen LogP contribution in [0.4, 0.5) is 5.69 Å². The van der Waals surface area contributed by atoms with Gasteiger partial charge in [0.05, 0.1) is 6.26 Å². The van der Waals surface area contributed by atoms with Gasteiger partial charge in [0.25, 0.3) is 11.8 Å². The molecule has 0 atom stereocenters. The molecule has 0 unspecified atom stereocenters. The number of amides is 2. The summed E-state index contributed by atoms with van der Waals surface area (Å²) in [7, 11) is 0. The van der Waals surface area contributed by atoms with Crippen molar-refractivity contribution < 1.29 is 18.4 Å². The van der Waals surface area contributed by atoms with Crippen molar-refractivity contribution in [2.75, 3.05) is 5.32 Å². The minimum Gasteiger partial charge on any atom is -0.459 e. The molecular formula is C20H14N2O4. The number of rotatable bonds is 4. The van der Waals surface area contributed by atoms with Crippen LogP contribution in [0, 0.1) is 0 Å². The minimum absolute atomic E-state index is 0.106. The van der Waals surface area contributed by atoms with E-state index in [1.54, 1.807) is 24.3 Å². The highest BCUT2D eigenvalue weighted by molar-refractivity contribution is 6.03. The number of nitrogens with one attached hydrogen (secondary N) is 1. The summed E-state index contributed by atoms with van der Waals surface area (Å²) in [6.07, 6.45) is 1.44. The van der Waals surface area contributed by atoms with Crippen LogP contribution in [0.1, 0.15) is 21.1 Å². The van der Waals surface area contributed by atoms with Gasteiger partial charge in [-0.25, -0.2) is 0 Å². The summed E-state index contributed by atoms with van der Waals surface area (Å²) >= 11 is 0. The number of anilines is 1. The fourth-order valence-corrected chi connectivity index (χ4v) is 2.78. The van der Waals surface area contributed by atoms with Crippen LogP contribution in [0.5, 0.6) is 0 Å². The van der Waals surface area contributed by atoms with E-state index in [0.717, 1.165) is 16.5 Å². The number of para-hydroxylation sites is 1. The van der Waals surface area contributed by atoms with Crippen LogP contribution < -0.4 is 11.1 Å². The Kier molecular flexibility index (Phi) is 3.78. The lowest BCUT2D eigenvalue weighted by atomic mass is 10.0. The van der Waals surface area contributed by atoms with Crippen molar-refractivity contribution in [2.45, 2.75) is 0 Å². The average molecular weight is 346 g/mol. The zero-order valence-electron chi connectivity index (χ0n) is 13.6. The van der Waals surface area contributed by atoms with Gasteiger partial charge in [0, 0.05) is 16.6 Å². The van der Waals surface area contributed by atoms with Crippen LogP contribution in [-0.4, -0.2) is 11.8 Å². The molecule has 0 bridgehead atoms. The molecular weight excluding hydrogens is 332 g/mol. The first-order valence-corrected chi connectivity index (χ1v) is 7.89. The second-order valence-corrected chi connectivity index (χ2v) is 5.71. The monoisotopic (exact) mass is 346 g/mol. The number of carbonyl (C=O) groups excluding carboxylic acids is 2. The van der Waals surface area contributed by atoms with Gasteiger partial charge >= 0.3 is 0 Å². The maximum absolute atomic E-state index is 12.1. The molecule has 0 aliphatic carbocycles. The highest BCUT2D eigenvalue weighted by Crippen LogP contribution is 2.32. The summed E-state index contributed by atoms with van der Waals surface area (Å²) in [5, 5.41) is 3.57. The van der Waals surface area contributed by atoms with E-state index in [9.17, 15) is 9.59 Å². The lowest BCUT2D eigenvalue weighted by Crippen LogP contribution is -2.10. The quantitative estimate of drug-likeness (QED) is 0.582. The van der Waals surface area contributed by atoms with Gasteiger partial charge in [0.1, 0.15) is 5.58 Å². The third kappa shape index (κ3) is 2.84. The van der Waals surface area contributed by atoms with Crippen molar-refractivity contribution in [3.05, 3.63) is 78.4 Å². The van der Waals surface area contributed by atoms with Crippen LogP contribution in [0.2, 0.25) is 0 Å². The molecule has 3 N–H and O–H groups in total. The van der Waals surface area contributed by atoms with Crippen molar-refractivity contribution in [2.24, 2.45) is 5.73 Å². The highest BCUT2D eigenvalue weighted by atomic mass is 16.3. The van der Waals surface area contributed by atoms with E-state index in [2.05, 4.69) is 5.32 Å². The van der Waals surface area contributed by atoms with Gasteiger partial charge in [-0.1, -0.05) is 30.3 Å². The first kappa shape index (κ1) is 15.7. The third-order valence-corrected chi connectivity index (χ3v) is 3.96. The van der Waals surface area contributed by atoms with Gasteiger partial charge in [0.15, 0.2) is 11.5 Å². The molecule has 2 aromatic heterocycles. The van der Waals surface area contributed by atoms with E-state index in [4.69, 9.17) is 14.6 Å². The fraction of sp³-hybridized carbons (Fsp3) is 0. The maximum Gasteiger partial charge on any atom is 0.291 e. The van der Waals surface area contributed by atoms with E-state index in [-0.39, 0.29) is 17.4 Å². The Hall–Kier alpha value is -3.80. The van der Waals surface area contributed by atoms with Crippen LogP contribution in [-0.2, 0) is 0 Å². The lowest BCUT2D eigenvalue weighted by Gasteiger charge is -2.07. The SMILES string of the molecule is NC(=O)c1cc2cccc(-c3cccc(NC(=O)c4ccco4)c3)c2o1. The molecule has 0 spiro atoms. The Bertz CT molecular complexity index is 1110. The Labute approximate surface area is 148 Å². The highest BCUT2D eigenvalue weighted by Gasteiger charge is 2.14. The number of primary amides is 1. The van der Waals surface area contributed by atoms with E-state index in [0.29, 0.717) is 11.3 Å². The maximum atomic E-state index is 12.1. The van der Waals surface area contributed by atoms with E-state index >= 15 is 0 Å². The number of hydrogen-bond acceptors (Lipinski definition) is 4. The predicted molar refractivity (Wildman–Crippen MR) is 96.8 cm³/mol. The molecule has 0 fully saturated rings. The first-order chi connectivity index (χ1) is 12.6. The number of fused-ring (bicyclic) bond motifs is 1. The molecule has 0 radical (unpaired) electrons. The van der Waals surface area contributed by atoms with Crippen molar-refractivity contribution >= 4 is 28.5 Å². The normalized spacial score (nSPS) is 10.8. The summed E-state index contributed by atoms with van der Waals surface area (Å²) in [6.45, 7) is 0. The Morgan fingerprint density at radius 2 is 1.77 bits per heavy atom. The van der Waals surface area contributed by atoms with Gasteiger partial charge in [-0.15, -0.1) is 0 Å². The zero-order valence-corrected chi connectivity index (χ0v) is 13.6. The first-order valence-electron chi connectivity index (χ1n) is 7.89. The molecule has 26 heavy (non-hydrogen) atoms. The van der Waals surface area contributed by atoms with Crippen LogP contribution in [0.25, 0.3) is 22.1 Å². The second kappa shape index (κ2) is 6.25. The van der Waals surface area contributed by atoms with Crippen molar-refractivity contribution in [1.29, 1.82) is 0 Å². The van der Waals surface area contributed by atoms with Gasteiger partial charge in [-0.2, -0.15) is 0 Å². The average Bonchev–Trinajstić information content (AvgIpc) is 3.31. The predicted octanol–water partition coefficient (Wildman–Crippen LogP) is 4.04. The molecule has 0 saturated heterocycles. The summed E-state index contributed by atoms with van der Waals surface area (Å²) in [5.74, 6) is -0.615. The molecule has 0 saturated carbocycles. The number of hydrogen-bond donors (Lipinski definition) is 2. The van der Waals surface area contributed by atoms with E-state index in [1.807, 2.05) is 36.4 Å². The Balaban J connectivity index is 1.71. The Morgan fingerprint density at radius 3 is 2.54 bits per heavy atom. The standard InChI is InChI=1S/C20H14N2O4/c21-19(23)17-11-13-5-2-7-15(18(13)26-17)12-4-1-6-14(10-12)22-20(24)16-8-3-9-25-16/h1-11H,(H2,21,23)(H,22,24). The molecule has 4 aromatic rings. The molecule has 4 rings (SSSR count). The summed E-state index contributed by atoms with van der Waals surface area (Å²) < 4.78 is 10.7. The molecule has 0 aliphatic heterocycles. The third-order valence-electron chi connectivity index (χ3n) is 3.96. The van der Waals surface area contributed by atoms with Crippen LogP contribution >= 0.6 is 0 Å². The topological polar surface area (TPSA) is 98.5 Å². The largest absolute Gasteiger partial charge is 0.459 e. The molecule has 128 valence electrons. The van der Waals surface area contributed by atoms with Crippen molar-refractivity contribution in [3.63, 3.8) is 0 Å². The van der Waals surface area contributed by atoms with Crippen molar-refractivity contribution in [1.82, 2.24) is 0 Å². The molecule has 6 nitrogen and oxygen atoms in total. The summed E-state index contributed by atoms with van der Waals surface area (Å²) in [5.41, 5.74) is 8.11. The molecule has 2 amide bonds. The number of furan rings is 2. The van der Waals surface area contributed by atoms with Gasteiger partial charge in [-0.3, -0.25) is 9.59 Å². The molecule has 2 heterocycles.